The van der Waals surface area contributed by atoms with Crippen LogP contribution in [0.1, 0.15) is 11.1 Å². The molecule has 0 bridgehead atoms. The van der Waals surface area contributed by atoms with Gasteiger partial charge in [0, 0.05) is 5.56 Å². The van der Waals surface area contributed by atoms with E-state index in [0.29, 0.717) is 21.7 Å². The van der Waals surface area contributed by atoms with Crippen LogP contribution in [0, 0.1) is 6.92 Å². The number of hydrogen-bond donors (Lipinski definition) is 1. The lowest BCUT2D eigenvalue weighted by Crippen LogP contribution is -2.24. The molecule has 0 fully saturated rings. The molecule has 0 atom stereocenters. The first kappa shape index (κ1) is 24.6. The average molecular weight is 529 g/mol. The first-order valence-electron chi connectivity index (χ1n) is 12.5. The largest absolute Gasteiger partial charge is 0.272 e. The van der Waals surface area contributed by atoms with Crippen LogP contribution in [0.15, 0.2) is 118 Å². The number of nitrogens with zero attached hydrogens (tertiary/aromatic N) is 3. The number of rotatable bonds is 6. The third-order valence-electron chi connectivity index (χ3n) is 6.57. The van der Waals surface area contributed by atoms with E-state index in [1.54, 1.807) is 22.9 Å². The predicted octanol–water partition coefficient (Wildman–Crippen LogP) is 6.24. The highest BCUT2D eigenvalue weighted by molar-refractivity contribution is 7.99. The van der Waals surface area contributed by atoms with E-state index < -0.39 is 0 Å². The second-order valence-electron chi connectivity index (χ2n) is 9.20. The molecule has 6 nitrogen and oxygen atoms in total. The molecule has 0 aliphatic rings. The number of carbonyl (C=O) groups is 1. The maximum absolute atomic E-state index is 13.4. The van der Waals surface area contributed by atoms with Crippen molar-refractivity contribution in [2.45, 2.75) is 12.1 Å². The van der Waals surface area contributed by atoms with Crippen LogP contribution >= 0.6 is 11.8 Å². The van der Waals surface area contributed by atoms with Crippen LogP contribution in [0.4, 0.5) is 0 Å². The lowest BCUT2D eigenvalue weighted by atomic mass is 9.97. The van der Waals surface area contributed by atoms with E-state index in [2.05, 4.69) is 40.9 Å². The van der Waals surface area contributed by atoms with Crippen molar-refractivity contribution in [3.05, 3.63) is 125 Å². The maximum Gasteiger partial charge on any atom is 0.266 e. The van der Waals surface area contributed by atoms with E-state index in [1.165, 1.54) is 11.8 Å². The molecule has 1 aromatic heterocycles. The van der Waals surface area contributed by atoms with Gasteiger partial charge in [0.25, 0.3) is 11.5 Å². The van der Waals surface area contributed by atoms with E-state index in [0.717, 1.165) is 32.7 Å². The summed E-state index contributed by atoms with van der Waals surface area (Å²) >= 11 is 1.20. The number of fused-ring (bicyclic) bond motifs is 3. The quantitative estimate of drug-likeness (QED) is 0.0913. The summed E-state index contributed by atoms with van der Waals surface area (Å²) in [6.45, 7) is 1.99. The predicted molar refractivity (Wildman–Crippen MR) is 160 cm³/mol. The normalized spacial score (nSPS) is 11.5. The summed E-state index contributed by atoms with van der Waals surface area (Å²) in [5.41, 5.74) is 5.80. The van der Waals surface area contributed by atoms with E-state index >= 15 is 0 Å². The van der Waals surface area contributed by atoms with Crippen molar-refractivity contribution in [2.24, 2.45) is 5.10 Å². The first-order valence-corrected chi connectivity index (χ1v) is 13.5. The molecule has 0 aliphatic heterocycles. The zero-order chi connectivity index (χ0) is 26.8. The SMILES string of the molecule is Cc1ccc(-n2c(SCC(=O)N/N=C/c3c4ccccc4cc4ccccc34)nc3ccccc3c2=O)cc1. The van der Waals surface area contributed by atoms with Gasteiger partial charge in [0.15, 0.2) is 5.16 Å². The van der Waals surface area contributed by atoms with Crippen molar-refractivity contribution in [1.82, 2.24) is 15.0 Å². The van der Waals surface area contributed by atoms with Gasteiger partial charge < -0.3 is 0 Å². The summed E-state index contributed by atoms with van der Waals surface area (Å²) in [7, 11) is 0. The van der Waals surface area contributed by atoms with E-state index in [-0.39, 0.29) is 17.2 Å². The Bertz CT molecular complexity index is 1890. The van der Waals surface area contributed by atoms with Gasteiger partial charge in [0.1, 0.15) is 0 Å². The van der Waals surface area contributed by atoms with Crippen LogP contribution in [0.5, 0.6) is 0 Å². The Morgan fingerprint density at radius 1 is 0.872 bits per heavy atom. The average Bonchev–Trinajstić information content (AvgIpc) is 2.96. The minimum atomic E-state index is -0.293. The first-order chi connectivity index (χ1) is 19.1. The fraction of sp³-hybridized carbons (Fsp3) is 0.0625. The molecular weight excluding hydrogens is 504 g/mol. The highest BCUT2D eigenvalue weighted by Crippen LogP contribution is 2.27. The van der Waals surface area contributed by atoms with Crippen molar-refractivity contribution in [3.63, 3.8) is 0 Å². The molecule has 190 valence electrons. The van der Waals surface area contributed by atoms with Crippen molar-refractivity contribution >= 4 is 56.3 Å². The molecule has 7 heteroatoms. The van der Waals surface area contributed by atoms with Gasteiger partial charge in [-0.2, -0.15) is 5.10 Å². The van der Waals surface area contributed by atoms with E-state index in [4.69, 9.17) is 4.98 Å². The molecule has 1 amide bonds. The van der Waals surface area contributed by atoms with E-state index in [9.17, 15) is 9.59 Å². The Morgan fingerprint density at radius 3 is 2.18 bits per heavy atom. The van der Waals surface area contributed by atoms with E-state index in [1.807, 2.05) is 67.6 Å². The van der Waals surface area contributed by atoms with Gasteiger partial charge in [0.2, 0.25) is 0 Å². The number of carbonyl (C=O) groups excluding carboxylic acids is 1. The smallest absolute Gasteiger partial charge is 0.266 e. The van der Waals surface area contributed by atoms with Gasteiger partial charge in [-0.3, -0.25) is 14.2 Å². The molecule has 6 rings (SSSR count). The number of nitrogens with one attached hydrogen (secondary N) is 1. The van der Waals surface area contributed by atoms with Gasteiger partial charge in [-0.25, -0.2) is 10.4 Å². The molecule has 0 saturated carbocycles. The molecule has 6 aromatic rings. The Morgan fingerprint density at radius 2 is 1.49 bits per heavy atom. The maximum atomic E-state index is 13.4. The van der Waals surface area contributed by atoms with Gasteiger partial charge >= 0.3 is 0 Å². The molecule has 0 saturated heterocycles. The monoisotopic (exact) mass is 528 g/mol. The number of benzene rings is 5. The minimum Gasteiger partial charge on any atom is -0.272 e. The summed E-state index contributed by atoms with van der Waals surface area (Å²) in [6, 6.07) is 33.3. The van der Waals surface area contributed by atoms with Crippen molar-refractivity contribution in [1.29, 1.82) is 0 Å². The van der Waals surface area contributed by atoms with Crippen LogP contribution in [0.2, 0.25) is 0 Å². The lowest BCUT2D eigenvalue weighted by Gasteiger charge is -2.13. The Hall–Kier alpha value is -4.75. The number of hydrazone groups is 1. The van der Waals surface area contributed by atoms with Crippen LogP contribution < -0.4 is 11.0 Å². The van der Waals surface area contributed by atoms with Gasteiger partial charge in [-0.1, -0.05) is 90.1 Å². The second-order valence-corrected chi connectivity index (χ2v) is 10.1. The van der Waals surface area contributed by atoms with Crippen molar-refractivity contribution in [2.75, 3.05) is 5.75 Å². The van der Waals surface area contributed by atoms with Gasteiger partial charge in [0.05, 0.1) is 28.6 Å². The highest BCUT2D eigenvalue weighted by Gasteiger charge is 2.15. The van der Waals surface area contributed by atoms with Gasteiger partial charge in [-0.05, 0) is 58.8 Å². The fourth-order valence-corrected chi connectivity index (χ4v) is 5.45. The van der Waals surface area contributed by atoms with Crippen molar-refractivity contribution < 1.29 is 4.79 Å². The fourth-order valence-electron chi connectivity index (χ4n) is 4.65. The van der Waals surface area contributed by atoms with Crippen LogP contribution in [0.25, 0.3) is 38.1 Å². The Balaban J connectivity index is 1.26. The molecule has 0 radical (unpaired) electrons. The third-order valence-corrected chi connectivity index (χ3v) is 7.50. The second kappa shape index (κ2) is 10.6. The van der Waals surface area contributed by atoms with Gasteiger partial charge in [-0.15, -0.1) is 0 Å². The minimum absolute atomic E-state index is 0.0459. The standard InChI is InChI=1S/C32H24N4O2S/c1-21-14-16-24(17-15-21)36-31(38)27-12-6-7-13-29(27)34-32(36)39-20-30(37)35-33-19-28-25-10-4-2-8-22(25)18-23-9-3-5-11-26(23)28/h2-19H,20H2,1H3,(H,35,37)/b33-19+. The Labute approximate surface area is 229 Å². The van der Waals surface area contributed by atoms with Crippen molar-refractivity contribution in [3.8, 4) is 5.69 Å². The summed E-state index contributed by atoms with van der Waals surface area (Å²) in [5.74, 6) is -0.247. The molecule has 1 heterocycles. The molecule has 39 heavy (non-hydrogen) atoms. The number of amides is 1. The Kier molecular flexibility index (Phi) is 6.65. The van der Waals surface area contributed by atoms with Crippen LogP contribution in [-0.2, 0) is 4.79 Å². The lowest BCUT2D eigenvalue weighted by molar-refractivity contribution is -0.118. The number of para-hydroxylation sites is 1. The molecule has 0 unspecified atom stereocenters. The van der Waals surface area contributed by atoms with Crippen LogP contribution in [-0.4, -0.2) is 27.4 Å². The molecule has 5 aromatic carbocycles. The number of aromatic nitrogens is 2. The molecule has 0 spiro atoms. The number of hydrogen-bond acceptors (Lipinski definition) is 5. The van der Waals surface area contributed by atoms with Crippen LogP contribution in [0.3, 0.4) is 0 Å². The number of thioether (sulfide) groups is 1. The molecule has 1 N–H and O–H groups in total. The summed E-state index contributed by atoms with van der Waals surface area (Å²) in [4.78, 5) is 30.9. The highest BCUT2D eigenvalue weighted by atomic mass is 32.2. The topological polar surface area (TPSA) is 76.3 Å². The molecular formula is C32H24N4O2S. The summed E-state index contributed by atoms with van der Waals surface area (Å²) in [5, 5.41) is 9.59. The third kappa shape index (κ3) is 4.92. The zero-order valence-electron chi connectivity index (χ0n) is 21.2. The summed E-state index contributed by atoms with van der Waals surface area (Å²) < 4.78 is 1.56. The summed E-state index contributed by atoms with van der Waals surface area (Å²) in [6.07, 6.45) is 1.70. The zero-order valence-corrected chi connectivity index (χ0v) is 22.0. The molecule has 0 aliphatic carbocycles. The number of aryl methyl sites for hydroxylation is 1.